The number of hydrogen-bond acceptors (Lipinski definition) is 1. The molecule has 0 aromatic heterocycles. The molecule has 1 amide bonds. The number of rotatable bonds is 2. The maximum atomic E-state index is 13.0. The van der Waals surface area contributed by atoms with Gasteiger partial charge in [0.05, 0.1) is 6.04 Å². The molecule has 1 atom stereocenters. The van der Waals surface area contributed by atoms with Crippen molar-refractivity contribution in [3.8, 4) is 0 Å². The average molecular weight is 255 g/mol. The normalized spacial score (nSPS) is 17.9. The fraction of sp³-hybridized carbons (Fsp3) is 0.188. The summed E-state index contributed by atoms with van der Waals surface area (Å²) in [5, 5.41) is 0. The van der Waals surface area contributed by atoms with E-state index in [1.54, 1.807) is 17.0 Å². The van der Waals surface area contributed by atoms with Crippen LogP contribution in [0.5, 0.6) is 0 Å². The Labute approximate surface area is 111 Å². The molecule has 2 aromatic carbocycles. The van der Waals surface area contributed by atoms with Gasteiger partial charge in [-0.1, -0.05) is 36.4 Å². The average Bonchev–Trinajstić information content (AvgIpc) is 2.47. The van der Waals surface area contributed by atoms with Crippen LogP contribution in [0.25, 0.3) is 0 Å². The predicted octanol–water partition coefficient (Wildman–Crippen LogP) is 2.93. The Morgan fingerprint density at radius 3 is 2.58 bits per heavy atom. The van der Waals surface area contributed by atoms with Crippen LogP contribution in [0.3, 0.4) is 0 Å². The number of fused-ring (bicyclic) bond motifs is 1. The summed E-state index contributed by atoms with van der Waals surface area (Å²) >= 11 is 0. The second-order valence-corrected chi connectivity index (χ2v) is 4.75. The van der Waals surface area contributed by atoms with Crippen LogP contribution in [-0.4, -0.2) is 17.9 Å². The van der Waals surface area contributed by atoms with Gasteiger partial charge < -0.3 is 4.90 Å². The molecule has 1 heterocycles. The molecule has 1 aliphatic heterocycles. The van der Waals surface area contributed by atoms with E-state index in [4.69, 9.17) is 0 Å². The Morgan fingerprint density at radius 1 is 1.11 bits per heavy atom. The van der Waals surface area contributed by atoms with E-state index < -0.39 is 0 Å². The van der Waals surface area contributed by atoms with Crippen molar-refractivity contribution in [2.24, 2.45) is 0 Å². The van der Waals surface area contributed by atoms with E-state index in [0.29, 0.717) is 6.54 Å². The minimum atomic E-state index is -0.259. The first-order valence-electron chi connectivity index (χ1n) is 6.34. The molecule has 0 spiro atoms. The lowest BCUT2D eigenvalue weighted by Crippen LogP contribution is -2.34. The molecule has 3 rings (SSSR count). The Balaban J connectivity index is 2.10. The molecule has 0 radical (unpaired) electrons. The number of benzene rings is 2. The first-order valence-corrected chi connectivity index (χ1v) is 6.34. The van der Waals surface area contributed by atoms with Gasteiger partial charge >= 0.3 is 0 Å². The first kappa shape index (κ1) is 11.9. The Morgan fingerprint density at radius 2 is 1.84 bits per heavy atom. The van der Waals surface area contributed by atoms with Crippen LogP contribution >= 0.6 is 0 Å². The van der Waals surface area contributed by atoms with Gasteiger partial charge in [0.15, 0.2) is 0 Å². The Kier molecular flexibility index (Phi) is 3.03. The van der Waals surface area contributed by atoms with Crippen molar-refractivity contribution in [2.75, 3.05) is 6.54 Å². The highest BCUT2D eigenvalue weighted by atomic mass is 19.1. The zero-order valence-corrected chi connectivity index (χ0v) is 10.4. The Hall–Kier alpha value is -2.16. The minimum absolute atomic E-state index is 0.108. The SMILES string of the molecule is O=CN1CCc2ccccc2C1c1ccc(F)cc1. The van der Waals surface area contributed by atoms with E-state index in [2.05, 4.69) is 6.07 Å². The van der Waals surface area contributed by atoms with Gasteiger partial charge in [-0.15, -0.1) is 0 Å². The third kappa shape index (κ3) is 2.12. The van der Waals surface area contributed by atoms with Crippen molar-refractivity contribution < 1.29 is 9.18 Å². The molecular formula is C16H14FNO. The molecular weight excluding hydrogens is 241 g/mol. The molecule has 0 aliphatic carbocycles. The number of hydrogen-bond donors (Lipinski definition) is 0. The van der Waals surface area contributed by atoms with Gasteiger partial charge in [-0.3, -0.25) is 4.79 Å². The third-order valence-electron chi connectivity index (χ3n) is 3.64. The van der Waals surface area contributed by atoms with E-state index in [9.17, 15) is 9.18 Å². The van der Waals surface area contributed by atoms with Crippen molar-refractivity contribution in [2.45, 2.75) is 12.5 Å². The van der Waals surface area contributed by atoms with Crippen molar-refractivity contribution in [1.29, 1.82) is 0 Å². The second-order valence-electron chi connectivity index (χ2n) is 4.75. The summed E-state index contributed by atoms with van der Waals surface area (Å²) in [5.74, 6) is -0.259. The zero-order chi connectivity index (χ0) is 13.2. The smallest absolute Gasteiger partial charge is 0.210 e. The minimum Gasteiger partial charge on any atom is -0.334 e. The number of amides is 1. The number of carbonyl (C=O) groups is 1. The molecule has 2 nitrogen and oxygen atoms in total. The quantitative estimate of drug-likeness (QED) is 0.755. The molecule has 0 fully saturated rings. The van der Waals surface area contributed by atoms with Gasteiger partial charge in [0.25, 0.3) is 0 Å². The maximum Gasteiger partial charge on any atom is 0.210 e. The molecule has 96 valence electrons. The zero-order valence-electron chi connectivity index (χ0n) is 10.4. The van der Waals surface area contributed by atoms with Gasteiger partial charge in [-0.2, -0.15) is 0 Å². The van der Waals surface area contributed by atoms with E-state index in [-0.39, 0.29) is 11.9 Å². The van der Waals surface area contributed by atoms with Crippen LogP contribution in [0.4, 0.5) is 4.39 Å². The van der Waals surface area contributed by atoms with Gasteiger partial charge in [0, 0.05) is 6.54 Å². The molecule has 1 unspecified atom stereocenters. The van der Waals surface area contributed by atoms with E-state index in [0.717, 1.165) is 24.0 Å². The molecule has 1 aliphatic rings. The highest BCUT2D eigenvalue weighted by Gasteiger charge is 2.27. The maximum absolute atomic E-state index is 13.0. The molecule has 19 heavy (non-hydrogen) atoms. The van der Waals surface area contributed by atoms with Crippen LogP contribution in [0, 0.1) is 5.82 Å². The summed E-state index contributed by atoms with van der Waals surface area (Å²) in [6.07, 6.45) is 1.75. The fourth-order valence-electron chi connectivity index (χ4n) is 2.72. The van der Waals surface area contributed by atoms with Crippen LogP contribution in [0.2, 0.25) is 0 Å². The van der Waals surface area contributed by atoms with Crippen molar-refractivity contribution >= 4 is 6.41 Å². The lowest BCUT2D eigenvalue weighted by Gasteiger charge is -2.35. The number of halogens is 1. The largest absolute Gasteiger partial charge is 0.334 e. The van der Waals surface area contributed by atoms with Crippen molar-refractivity contribution in [1.82, 2.24) is 4.90 Å². The molecule has 0 saturated heterocycles. The number of carbonyl (C=O) groups excluding carboxylic acids is 1. The lowest BCUT2D eigenvalue weighted by atomic mass is 9.88. The molecule has 0 saturated carbocycles. The van der Waals surface area contributed by atoms with Gasteiger partial charge in [-0.25, -0.2) is 4.39 Å². The summed E-state index contributed by atoms with van der Waals surface area (Å²) in [7, 11) is 0. The predicted molar refractivity (Wildman–Crippen MR) is 71.2 cm³/mol. The fourth-order valence-corrected chi connectivity index (χ4v) is 2.72. The third-order valence-corrected chi connectivity index (χ3v) is 3.64. The monoisotopic (exact) mass is 255 g/mol. The highest BCUT2D eigenvalue weighted by Crippen LogP contribution is 2.33. The van der Waals surface area contributed by atoms with Gasteiger partial charge in [-0.05, 0) is 35.2 Å². The topological polar surface area (TPSA) is 20.3 Å². The standard InChI is InChI=1S/C16H14FNO/c17-14-7-5-13(6-8-14)16-15-4-2-1-3-12(15)9-10-18(16)11-19/h1-8,11,16H,9-10H2. The Bertz CT molecular complexity index is 594. The lowest BCUT2D eigenvalue weighted by molar-refractivity contribution is -0.119. The van der Waals surface area contributed by atoms with Crippen molar-refractivity contribution in [3.63, 3.8) is 0 Å². The van der Waals surface area contributed by atoms with E-state index >= 15 is 0 Å². The molecule has 3 heteroatoms. The van der Waals surface area contributed by atoms with E-state index in [1.807, 2.05) is 18.2 Å². The summed E-state index contributed by atoms with van der Waals surface area (Å²) in [5.41, 5.74) is 3.34. The van der Waals surface area contributed by atoms with Gasteiger partial charge in [0.1, 0.15) is 5.82 Å². The van der Waals surface area contributed by atoms with Crippen LogP contribution in [0.1, 0.15) is 22.7 Å². The summed E-state index contributed by atoms with van der Waals surface area (Å²) in [4.78, 5) is 13.0. The summed E-state index contributed by atoms with van der Waals surface area (Å²) in [6.45, 7) is 0.697. The van der Waals surface area contributed by atoms with Crippen molar-refractivity contribution in [3.05, 3.63) is 71.0 Å². The van der Waals surface area contributed by atoms with Crippen LogP contribution < -0.4 is 0 Å². The van der Waals surface area contributed by atoms with Crippen LogP contribution in [0.15, 0.2) is 48.5 Å². The number of nitrogens with zero attached hydrogens (tertiary/aromatic N) is 1. The van der Waals surface area contributed by atoms with Gasteiger partial charge in [0.2, 0.25) is 6.41 Å². The summed E-state index contributed by atoms with van der Waals surface area (Å²) in [6, 6.07) is 14.4. The second kappa shape index (κ2) is 4.84. The summed E-state index contributed by atoms with van der Waals surface area (Å²) < 4.78 is 13.0. The highest BCUT2D eigenvalue weighted by molar-refractivity contribution is 5.54. The first-order chi connectivity index (χ1) is 9.29. The van der Waals surface area contributed by atoms with Crippen LogP contribution in [-0.2, 0) is 11.2 Å². The molecule has 0 bridgehead atoms. The molecule has 0 N–H and O–H groups in total. The molecule has 2 aromatic rings. The van der Waals surface area contributed by atoms with E-state index in [1.165, 1.54) is 17.7 Å².